The van der Waals surface area contributed by atoms with Crippen LogP contribution in [0.5, 0.6) is 5.75 Å². The van der Waals surface area contributed by atoms with E-state index in [0.29, 0.717) is 5.75 Å². The van der Waals surface area contributed by atoms with Gasteiger partial charge in [-0.3, -0.25) is 0 Å². The van der Waals surface area contributed by atoms with Gasteiger partial charge < -0.3 is 10.5 Å². The maximum absolute atomic E-state index is 13.2. The van der Waals surface area contributed by atoms with Crippen molar-refractivity contribution in [1.29, 1.82) is 0 Å². The molecule has 1 aliphatic rings. The zero-order chi connectivity index (χ0) is 9.42. The normalized spacial score (nSPS) is 25.8. The molecule has 1 fully saturated rings. The van der Waals surface area contributed by atoms with Gasteiger partial charge in [0.25, 0.3) is 0 Å². The molecule has 0 heterocycles. The van der Waals surface area contributed by atoms with E-state index in [2.05, 4.69) is 0 Å². The first-order chi connectivity index (χ1) is 6.24. The fourth-order valence-electron chi connectivity index (χ4n) is 1.61. The molecule has 0 aliphatic heterocycles. The first-order valence-corrected chi connectivity index (χ1v) is 4.32. The summed E-state index contributed by atoms with van der Waals surface area (Å²) in [7, 11) is 1.48. The smallest absolute Gasteiger partial charge is 0.165 e. The molecule has 2 nitrogen and oxygen atoms in total. The molecule has 13 heavy (non-hydrogen) atoms. The van der Waals surface area contributed by atoms with E-state index in [9.17, 15) is 4.39 Å². The van der Waals surface area contributed by atoms with E-state index in [1.807, 2.05) is 6.07 Å². The van der Waals surface area contributed by atoms with Crippen LogP contribution in [-0.4, -0.2) is 13.2 Å². The predicted octanol–water partition coefficient (Wildman–Crippen LogP) is 1.65. The van der Waals surface area contributed by atoms with Gasteiger partial charge in [-0.05, 0) is 12.5 Å². The van der Waals surface area contributed by atoms with Gasteiger partial charge in [-0.2, -0.15) is 0 Å². The van der Waals surface area contributed by atoms with Crippen molar-refractivity contribution in [2.75, 3.05) is 7.11 Å². The average Bonchev–Trinajstić information content (AvgIpc) is 2.82. The van der Waals surface area contributed by atoms with Gasteiger partial charge in [0.15, 0.2) is 11.6 Å². The molecular formula is C10H12FNO. The summed E-state index contributed by atoms with van der Waals surface area (Å²) in [6, 6.07) is 5.14. The minimum absolute atomic E-state index is 0.177. The van der Waals surface area contributed by atoms with Crippen molar-refractivity contribution in [3.05, 3.63) is 29.6 Å². The van der Waals surface area contributed by atoms with E-state index in [-0.39, 0.29) is 17.8 Å². The van der Waals surface area contributed by atoms with Crippen LogP contribution in [0.3, 0.4) is 0 Å². The van der Waals surface area contributed by atoms with Gasteiger partial charge in [-0.25, -0.2) is 4.39 Å². The second-order valence-electron chi connectivity index (χ2n) is 3.37. The summed E-state index contributed by atoms with van der Waals surface area (Å²) in [5, 5.41) is 0. The molecule has 0 amide bonds. The fraction of sp³-hybridized carbons (Fsp3) is 0.400. The highest BCUT2D eigenvalue weighted by Crippen LogP contribution is 2.43. The molecule has 2 atom stereocenters. The summed E-state index contributed by atoms with van der Waals surface area (Å²) >= 11 is 0. The number of hydrogen-bond donors (Lipinski definition) is 1. The van der Waals surface area contributed by atoms with Gasteiger partial charge in [-0.1, -0.05) is 12.1 Å². The maximum Gasteiger partial charge on any atom is 0.165 e. The predicted molar refractivity (Wildman–Crippen MR) is 48.3 cm³/mol. The molecule has 0 saturated heterocycles. The van der Waals surface area contributed by atoms with Crippen molar-refractivity contribution >= 4 is 0 Å². The van der Waals surface area contributed by atoms with Gasteiger partial charge in [0.2, 0.25) is 0 Å². The van der Waals surface area contributed by atoms with Crippen LogP contribution >= 0.6 is 0 Å². The van der Waals surface area contributed by atoms with E-state index >= 15 is 0 Å². The lowest BCUT2D eigenvalue weighted by Crippen LogP contribution is -2.02. The number of rotatable bonds is 2. The van der Waals surface area contributed by atoms with Crippen LogP contribution in [0.1, 0.15) is 17.9 Å². The Morgan fingerprint density at radius 1 is 1.54 bits per heavy atom. The number of nitrogens with two attached hydrogens (primary N) is 1. The molecule has 2 rings (SSSR count). The Kier molecular flexibility index (Phi) is 1.96. The van der Waals surface area contributed by atoms with Crippen LogP contribution in [0.4, 0.5) is 4.39 Å². The summed E-state index contributed by atoms with van der Waals surface area (Å²) in [6.45, 7) is 0. The zero-order valence-corrected chi connectivity index (χ0v) is 7.46. The number of hydrogen-bond acceptors (Lipinski definition) is 2. The quantitative estimate of drug-likeness (QED) is 0.752. The van der Waals surface area contributed by atoms with Gasteiger partial charge in [0.1, 0.15) is 0 Å². The molecular weight excluding hydrogens is 169 g/mol. The Labute approximate surface area is 76.5 Å². The highest BCUT2D eigenvalue weighted by atomic mass is 19.1. The Balaban J connectivity index is 2.38. The Morgan fingerprint density at radius 2 is 2.23 bits per heavy atom. The van der Waals surface area contributed by atoms with Crippen LogP contribution < -0.4 is 10.5 Å². The van der Waals surface area contributed by atoms with E-state index in [1.54, 1.807) is 6.07 Å². The molecule has 2 N–H and O–H groups in total. The van der Waals surface area contributed by atoms with E-state index in [4.69, 9.17) is 10.5 Å². The maximum atomic E-state index is 13.2. The summed E-state index contributed by atoms with van der Waals surface area (Å²) in [6.07, 6.45) is 0.930. The third kappa shape index (κ3) is 1.40. The second-order valence-corrected chi connectivity index (χ2v) is 3.37. The number of ether oxygens (including phenoxy) is 1. The van der Waals surface area contributed by atoms with Crippen LogP contribution in [0.25, 0.3) is 0 Å². The molecule has 1 aromatic rings. The van der Waals surface area contributed by atoms with Crippen molar-refractivity contribution < 1.29 is 9.13 Å². The van der Waals surface area contributed by atoms with Crippen molar-refractivity contribution in [2.24, 2.45) is 5.73 Å². The average molecular weight is 181 g/mol. The second kappa shape index (κ2) is 3.00. The summed E-state index contributed by atoms with van der Waals surface area (Å²) in [4.78, 5) is 0. The Hall–Kier alpha value is -1.09. The lowest BCUT2D eigenvalue weighted by atomic mass is 10.1. The lowest BCUT2D eigenvalue weighted by molar-refractivity contribution is 0.381. The minimum atomic E-state index is -0.306. The number of para-hydroxylation sites is 1. The Bertz CT molecular complexity index is 327. The minimum Gasteiger partial charge on any atom is -0.493 e. The third-order valence-electron chi connectivity index (χ3n) is 2.44. The number of benzene rings is 1. The van der Waals surface area contributed by atoms with Crippen LogP contribution in [0, 0.1) is 5.82 Å². The van der Waals surface area contributed by atoms with E-state index in [1.165, 1.54) is 13.2 Å². The molecule has 1 aromatic carbocycles. The van der Waals surface area contributed by atoms with Crippen molar-refractivity contribution in [3.63, 3.8) is 0 Å². The zero-order valence-electron chi connectivity index (χ0n) is 7.46. The standard InChI is InChI=1S/C10H12FNO/c1-13-10-6(7-5-9(7)12)3-2-4-8(10)11/h2-4,7,9H,5,12H2,1H3/t7-,9+/m0/s1. The first kappa shape index (κ1) is 8.51. The van der Waals surface area contributed by atoms with E-state index in [0.717, 1.165) is 12.0 Å². The molecule has 1 saturated carbocycles. The summed E-state index contributed by atoms with van der Waals surface area (Å²) in [5.74, 6) is 0.324. The largest absolute Gasteiger partial charge is 0.493 e. The lowest BCUT2D eigenvalue weighted by Gasteiger charge is -2.07. The first-order valence-electron chi connectivity index (χ1n) is 4.32. The molecule has 0 radical (unpaired) electrons. The fourth-order valence-corrected chi connectivity index (χ4v) is 1.61. The van der Waals surface area contributed by atoms with Crippen molar-refractivity contribution in [1.82, 2.24) is 0 Å². The Morgan fingerprint density at radius 3 is 2.77 bits per heavy atom. The summed E-state index contributed by atoms with van der Waals surface area (Å²) < 4.78 is 18.2. The molecule has 70 valence electrons. The third-order valence-corrected chi connectivity index (χ3v) is 2.44. The van der Waals surface area contributed by atoms with Gasteiger partial charge in [0, 0.05) is 17.5 Å². The van der Waals surface area contributed by atoms with Crippen LogP contribution in [0.15, 0.2) is 18.2 Å². The van der Waals surface area contributed by atoms with Crippen molar-refractivity contribution in [2.45, 2.75) is 18.4 Å². The van der Waals surface area contributed by atoms with Crippen LogP contribution in [0.2, 0.25) is 0 Å². The molecule has 0 bridgehead atoms. The number of methoxy groups -OCH3 is 1. The van der Waals surface area contributed by atoms with Gasteiger partial charge >= 0.3 is 0 Å². The topological polar surface area (TPSA) is 35.2 Å². The van der Waals surface area contributed by atoms with Crippen molar-refractivity contribution in [3.8, 4) is 5.75 Å². The van der Waals surface area contributed by atoms with Gasteiger partial charge in [-0.15, -0.1) is 0 Å². The molecule has 1 aliphatic carbocycles. The molecule has 0 unspecified atom stereocenters. The summed E-state index contributed by atoms with van der Waals surface area (Å²) in [5.41, 5.74) is 6.59. The highest BCUT2D eigenvalue weighted by molar-refractivity contribution is 5.41. The number of halogens is 1. The van der Waals surface area contributed by atoms with Gasteiger partial charge in [0.05, 0.1) is 7.11 Å². The molecule has 0 aromatic heterocycles. The van der Waals surface area contributed by atoms with E-state index < -0.39 is 0 Å². The van der Waals surface area contributed by atoms with Crippen LogP contribution in [-0.2, 0) is 0 Å². The highest BCUT2D eigenvalue weighted by Gasteiger charge is 2.37. The monoisotopic (exact) mass is 181 g/mol. The molecule has 0 spiro atoms. The SMILES string of the molecule is COc1c(F)cccc1[C@@H]1C[C@H]1N. The molecule has 3 heteroatoms.